The number of hydrazone groups is 1. The lowest BCUT2D eigenvalue weighted by molar-refractivity contribution is -0.361. The Morgan fingerprint density at radius 2 is 1.75 bits per heavy atom. The number of hydrogen-bond acceptors (Lipinski definition) is 5. The zero-order chi connectivity index (χ0) is 24.2. The largest absolute Gasteiger partial charge is 0.493 e. The van der Waals surface area contributed by atoms with E-state index in [9.17, 15) is 30.7 Å². The molecule has 5 nitrogen and oxygen atoms in total. The van der Waals surface area contributed by atoms with Crippen LogP contribution in [0.25, 0.3) is 0 Å². The van der Waals surface area contributed by atoms with Gasteiger partial charge in [-0.05, 0) is 34.1 Å². The van der Waals surface area contributed by atoms with Gasteiger partial charge in [0.25, 0.3) is 0 Å². The maximum absolute atomic E-state index is 13.3. The fraction of sp³-hybridized carbons (Fsp3) is 0.263. The number of alkyl halides is 7. The molecule has 13 heteroatoms. The molecule has 0 aliphatic rings. The Balaban J connectivity index is 2.20. The van der Waals surface area contributed by atoms with Crippen LogP contribution in [0.2, 0.25) is 0 Å². The summed E-state index contributed by atoms with van der Waals surface area (Å²) < 4.78 is 99.7. The van der Waals surface area contributed by atoms with Gasteiger partial charge in [0.1, 0.15) is 6.61 Å². The molecule has 0 fully saturated rings. The molecule has 32 heavy (non-hydrogen) atoms. The highest BCUT2D eigenvalue weighted by atomic mass is 79.9. The highest BCUT2D eigenvalue weighted by Gasteiger charge is 2.73. The molecule has 0 amide bonds. The van der Waals surface area contributed by atoms with Gasteiger partial charge in [0.05, 0.1) is 25.0 Å². The van der Waals surface area contributed by atoms with E-state index in [2.05, 4.69) is 21.0 Å². The average Bonchev–Trinajstić information content (AvgIpc) is 2.72. The van der Waals surface area contributed by atoms with Crippen molar-refractivity contribution in [3.8, 4) is 17.6 Å². The van der Waals surface area contributed by atoms with Gasteiger partial charge >= 0.3 is 18.1 Å². The summed E-state index contributed by atoms with van der Waals surface area (Å²) in [6.07, 6.45) is -5.88. The van der Waals surface area contributed by atoms with Crippen molar-refractivity contribution in [2.45, 2.75) is 24.8 Å². The molecule has 2 aromatic rings. The number of ether oxygens (including phenoxy) is 2. The number of nitrogens with one attached hydrogen (secondary N) is 1. The Morgan fingerprint density at radius 3 is 2.34 bits per heavy atom. The summed E-state index contributed by atoms with van der Waals surface area (Å²) in [4.78, 5) is 0. The minimum absolute atomic E-state index is 0.00486. The first kappa shape index (κ1) is 25.3. The van der Waals surface area contributed by atoms with E-state index in [0.717, 1.165) is 0 Å². The number of halogens is 8. The number of nitrogens with zero attached hydrogens (tertiary/aromatic N) is 2. The van der Waals surface area contributed by atoms with Crippen LogP contribution in [-0.4, -0.2) is 31.5 Å². The molecule has 0 saturated carbocycles. The van der Waals surface area contributed by atoms with Crippen LogP contribution in [0.15, 0.2) is 46.0 Å². The van der Waals surface area contributed by atoms with Gasteiger partial charge in [0, 0.05) is 15.6 Å². The standard InChI is InChI=1S/C19H13BrF7N3O2/c1-31-15-6-13(9-29-30-19(26,27)17(21,22)18(23,24)25)14(20)7-16(15)32-10-12-5-3-2-4-11(12)8-28/h2-7,9,30H,10H2,1H3/b29-9+. The minimum atomic E-state index is -6.48. The van der Waals surface area contributed by atoms with Gasteiger partial charge in [-0.25, -0.2) is 5.43 Å². The van der Waals surface area contributed by atoms with Gasteiger partial charge in [-0.1, -0.05) is 18.2 Å². The second-order valence-corrected chi connectivity index (χ2v) is 6.95. The monoisotopic (exact) mass is 527 g/mol. The van der Waals surface area contributed by atoms with Crippen molar-refractivity contribution in [2.75, 3.05) is 7.11 Å². The molecular formula is C19H13BrF7N3O2. The van der Waals surface area contributed by atoms with Crippen LogP contribution in [0.4, 0.5) is 30.7 Å². The van der Waals surface area contributed by atoms with Gasteiger partial charge in [-0.2, -0.15) is 41.1 Å². The van der Waals surface area contributed by atoms with E-state index >= 15 is 0 Å². The van der Waals surface area contributed by atoms with Crippen molar-refractivity contribution >= 4 is 22.1 Å². The topological polar surface area (TPSA) is 66.6 Å². The van der Waals surface area contributed by atoms with Crippen LogP contribution in [0.3, 0.4) is 0 Å². The van der Waals surface area contributed by atoms with Crippen molar-refractivity contribution in [3.05, 3.63) is 57.6 Å². The second kappa shape index (κ2) is 9.64. The molecule has 0 unspecified atom stereocenters. The molecule has 0 aliphatic carbocycles. The summed E-state index contributed by atoms with van der Waals surface area (Å²) >= 11 is 3.09. The molecule has 0 aromatic heterocycles. The summed E-state index contributed by atoms with van der Waals surface area (Å²) in [5.41, 5.74) is 1.51. The number of rotatable bonds is 8. The molecule has 0 aliphatic heterocycles. The van der Waals surface area contributed by atoms with Crippen LogP contribution in [0.5, 0.6) is 11.5 Å². The lowest BCUT2D eigenvalue weighted by Crippen LogP contribution is -2.58. The Kier molecular flexibility index (Phi) is 7.61. The van der Waals surface area contributed by atoms with Gasteiger partial charge in [0.2, 0.25) is 0 Å². The Morgan fingerprint density at radius 1 is 1.09 bits per heavy atom. The molecule has 2 rings (SSSR count). The highest BCUT2D eigenvalue weighted by Crippen LogP contribution is 2.45. The zero-order valence-electron chi connectivity index (χ0n) is 16.0. The van der Waals surface area contributed by atoms with Crippen LogP contribution in [0, 0.1) is 11.3 Å². The normalized spacial score (nSPS) is 12.5. The van der Waals surface area contributed by atoms with E-state index in [1.165, 1.54) is 19.2 Å². The predicted molar refractivity (Wildman–Crippen MR) is 103 cm³/mol. The SMILES string of the molecule is COc1cc(/C=N/NC(F)(F)C(F)(F)C(F)(F)F)c(Br)cc1OCc1ccccc1C#N. The van der Waals surface area contributed by atoms with E-state index in [1.54, 1.807) is 24.3 Å². The van der Waals surface area contributed by atoms with Gasteiger partial charge in [-0.15, -0.1) is 0 Å². The summed E-state index contributed by atoms with van der Waals surface area (Å²) in [6.45, 7) is -0.0136. The van der Waals surface area contributed by atoms with E-state index in [4.69, 9.17) is 14.7 Å². The van der Waals surface area contributed by atoms with Crippen molar-refractivity contribution < 1.29 is 40.2 Å². The fourth-order valence-corrected chi connectivity index (χ4v) is 2.69. The third kappa shape index (κ3) is 5.42. The molecule has 0 spiro atoms. The van der Waals surface area contributed by atoms with Gasteiger partial charge < -0.3 is 9.47 Å². The number of nitriles is 1. The molecule has 172 valence electrons. The first-order chi connectivity index (χ1) is 14.8. The van der Waals surface area contributed by atoms with E-state index in [1.807, 2.05) is 6.07 Å². The highest BCUT2D eigenvalue weighted by molar-refractivity contribution is 9.10. The van der Waals surface area contributed by atoms with E-state index < -0.39 is 18.1 Å². The predicted octanol–water partition coefficient (Wildman–Crippen LogP) is 5.62. The molecule has 0 atom stereocenters. The third-order valence-electron chi connectivity index (χ3n) is 3.96. The minimum Gasteiger partial charge on any atom is -0.493 e. The maximum atomic E-state index is 13.3. The molecule has 0 saturated heterocycles. The number of hydrogen-bond donors (Lipinski definition) is 1. The fourth-order valence-electron chi connectivity index (χ4n) is 2.26. The molecule has 2 aromatic carbocycles. The van der Waals surface area contributed by atoms with Crippen molar-refractivity contribution in [3.63, 3.8) is 0 Å². The van der Waals surface area contributed by atoms with E-state index in [-0.39, 0.29) is 28.1 Å². The third-order valence-corrected chi connectivity index (χ3v) is 4.65. The quantitative estimate of drug-likeness (QED) is 0.209. The molecule has 1 N–H and O–H groups in total. The first-order valence-electron chi connectivity index (χ1n) is 8.45. The van der Waals surface area contributed by atoms with Crippen LogP contribution < -0.4 is 14.9 Å². The Bertz CT molecular complexity index is 1040. The molecule has 0 heterocycles. The van der Waals surface area contributed by atoms with Gasteiger partial charge in [-0.3, -0.25) is 0 Å². The van der Waals surface area contributed by atoms with Crippen molar-refractivity contribution in [1.29, 1.82) is 5.26 Å². The molecule has 0 radical (unpaired) electrons. The van der Waals surface area contributed by atoms with Crippen LogP contribution in [0.1, 0.15) is 16.7 Å². The lowest BCUT2D eigenvalue weighted by atomic mass is 10.1. The average molecular weight is 528 g/mol. The molecular weight excluding hydrogens is 515 g/mol. The summed E-state index contributed by atoms with van der Waals surface area (Å²) in [5, 5.41) is 11.9. The first-order valence-corrected chi connectivity index (χ1v) is 9.24. The number of methoxy groups -OCH3 is 1. The van der Waals surface area contributed by atoms with Crippen molar-refractivity contribution in [1.82, 2.24) is 5.43 Å². The lowest BCUT2D eigenvalue weighted by Gasteiger charge is -2.27. The summed E-state index contributed by atoms with van der Waals surface area (Å²) in [6, 6.07) is 5.53. The number of benzene rings is 2. The Labute approximate surface area is 185 Å². The molecule has 0 bridgehead atoms. The summed E-state index contributed by atoms with van der Waals surface area (Å²) in [7, 11) is 1.26. The van der Waals surface area contributed by atoms with Crippen LogP contribution in [-0.2, 0) is 6.61 Å². The maximum Gasteiger partial charge on any atom is 0.462 e. The zero-order valence-corrected chi connectivity index (χ0v) is 17.6. The summed E-state index contributed by atoms with van der Waals surface area (Å²) in [5.74, 6) is -6.09. The van der Waals surface area contributed by atoms with Crippen molar-refractivity contribution in [2.24, 2.45) is 5.10 Å². The Hall–Kier alpha value is -3.01. The second-order valence-electron chi connectivity index (χ2n) is 6.10. The van der Waals surface area contributed by atoms with Gasteiger partial charge in [0.15, 0.2) is 11.5 Å². The van der Waals surface area contributed by atoms with E-state index in [0.29, 0.717) is 22.8 Å². The smallest absolute Gasteiger partial charge is 0.462 e. The van der Waals surface area contributed by atoms with Crippen LogP contribution >= 0.6 is 15.9 Å².